The normalized spacial score (nSPS) is 23.1. The summed E-state index contributed by atoms with van der Waals surface area (Å²) in [5.41, 5.74) is 0.692. The third-order valence-electron chi connectivity index (χ3n) is 2.79. The van der Waals surface area contributed by atoms with Gasteiger partial charge in [0.1, 0.15) is 23.5 Å². The van der Waals surface area contributed by atoms with Gasteiger partial charge in [-0.25, -0.2) is 4.79 Å². The standard InChI is InChI=1S/C15H21NO3/c1-10-9-13(14(17)18-10)16-11-5-7-12(8-6-11)19-15(2,3)4/h5-8,10,13,16H,9H2,1-4H3/t10-,13+/m0/s1. The Morgan fingerprint density at radius 2 is 1.89 bits per heavy atom. The van der Waals surface area contributed by atoms with Crippen molar-refractivity contribution in [2.75, 3.05) is 5.32 Å². The lowest BCUT2D eigenvalue weighted by atomic mass is 10.1. The zero-order chi connectivity index (χ0) is 14.0. The van der Waals surface area contributed by atoms with Gasteiger partial charge in [0.05, 0.1) is 0 Å². The highest BCUT2D eigenvalue weighted by Gasteiger charge is 2.31. The summed E-state index contributed by atoms with van der Waals surface area (Å²) in [6, 6.07) is 7.38. The molecule has 0 aliphatic carbocycles. The number of nitrogens with one attached hydrogen (secondary N) is 1. The van der Waals surface area contributed by atoms with Crippen LogP contribution in [0.5, 0.6) is 5.75 Å². The van der Waals surface area contributed by atoms with E-state index in [1.807, 2.05) is 52.0 Å². The molecular formula is C15H21NO3. The smallest absolute Gasteiger partial charge is 0.328 e. The Kier molecular flexibility index (Phi) is 3.69. The molecule has 1 N–H and O–H groups in total. The molecule has 0 unspecified atom stereocenters. The lowest BCUT2D eigenvalue weighted by Crippen LogP contribution is -2.24. The second-order valence-electron chi connectivity index (χ2n) is 5.92. The SMILES string of the molecule is C[C@H]1C[C@@H](Nc2ccc(OC(C)(C)C)cc2)C(=O)O1. The van der Waals surface area contributed by atoms with Crippen LogP contribution in [0.2, 0.25) is 0 Å². The fourth-order valence-corrected chi connectivity index (χ4v) is 2.05. The summed E-state index contributed by atoms with van der Waals surface area (Å²) in [4.78, 5) is 11.5. The van der Waals surface area contributed by atoms with Gasteiger partial charge in [0.2, 0.25) is 0 Å². The highest BCUT2D eigenvalue weighted by molar-refractivity contribution is 5.81. The van der Waals surface area contributed by atoms with Crippen molar-refractivity contribution in [3.8, 4) is 5.75 Å². The fraction of sp³-hybridized carbons (Fsp3) is 0.533. The van der Waals surface area contributed by atoms with Crippen LogP contribution in [0.4, 0.5) is 5.69 Å². The van der Waals surface area contributed by atoms with Crippen LogP contribution in [0, 0.1) is 0 Å². The molecule has 0 amide bonds. The average molecular weight is 263 g/mol. The first-order valence-corrected chi connectivity index (χ1v) is 6.59. The molecule has 0 bridgehead atoms. The number of cyclic esters (lactones) is 1. The highest BCUT2D eigenvalue weighted by atomic mass is 16.6. The van der Waals surface area contributed by atoms with Crippen LogP contribution >= 0.6 is 0 Å². The van der Waals surface area contributed by atoms with Crippen molar-refractivity contribution in [2.24, 2.45) is 0 Å². The predicted octanol–water partition coefficient (Wildman–Crippen LogP) is 2.98. The molecule has 104 valence electrons. The van der Waals surface area contributed by atoms with Crippen LogP contribution < -0.4 is 10.1 Å². The number of benzene rings is 1. The van der Waals surface area contributed by atoms with Gasteiger partial charge < -0.3 is 14.8 Å². The fourth-order valence-electron chi connectivity index (χ4n) is 2.05. The maximum atomic E-state index is 11.5. The Morgan fingerprint density at radius 1 is 1.26 bits per heavy atom. The summed E-state index contributed by atoms with van der Waals surface area (Å²) in [6.07, 6.45) is 0.701. The minimum absolute atomic E-state index is 0.00602. The van der Waals surface area contributed by atoms with Crippen LogP contribution in [-0.2, 0) is 9.53 Å². The first-order chi connectivity index (χ1) is 8.83. The number of carbonyl (C=O) groups excluding carboxylic acids is 1. The van der Waals surface area contributed by atoms with Crippen molar-refractivity contribution in [1.29, 1.82) is 0 Å². The van der Waals surface area contributed by atoms with E-state index in [1.54, 1.807) is 0 Å². The van der Waals surface area contributed by atoms with Crippen molar-refractivity contribution in [3.63, 3.8) is 0 Å². The number of anilines is 1. The molecule has 1 aromatic rings. The lowest BCUT2D eigenvalue weighted by molar-refractivity contribution is -0.141. The van der Waals surface area contributed by atoms with Crippen molar-refractivity contribution in [2.45, 2.75) is 51.9 Å². The van der Waals surface area contributed by atoms with E-state index in [4.69, 9.17) is 9.47 Å². The first kappa shape index (κ1) is 13.7. The van der Waals surface area contributed by atoms with Crippen molar-refractivity contribution in [3.05, 3.63) is 24.3 Å². The topological polar surface area (TPSA) is 47.6 Å². The maximum absolute atomic E-state index is 11.5. The molecule has 2 atom stereocenters. The van der Waals surface area contributed by atoms with Crippen LogP contribution in [-0.4, -0.2) is 23.7 Å². The number of ether oxygens (including phenoxy) is 2. The van der Waals surface area contributed by atoms with Gasteiger partial charge in [0.15, 0.2) is 0 Å². The van der Waals surface area contributed by atoms with E-state index in [0.29, 0.717) is 6.42 Å². The molecule has 0 radical (unpaired) electrons. The summed E-state index contributed by atoms with van der Waals surface area (Å²) in [7, 11) is 0. The van der Waals surface area contributed by atoms with E-state index in [2.05, 4.69) is 5.32 Å². The van der Waals surface area contributed by atoms with E-state index >= 15 is 0 Å². The Balaban J connectivity index is 1.97. The number of hydrogen-bond donors (Lipinski definition) is 1. The minimum atomic E-state index is -0.246. The van der Waals surface area contributed by atoms with Crippen LogP contribution in [0.25, 0.3) is 0 Å². The van der Waals surface area contributed by atoms with Gasteiger partial charge in [-0.05, 0) is 52.0 Å². The Labute approximate surface area is 114 Å². The molecule has 0 spiro atoms. The minimum Gasteiger partial charge on any atom is -0.488 e. The van der Waals surface area contributed by atoms with Gasteiger partial charge in [0.25, 0.3) is 0 Å². The summed E-state index contributed by atoms with van der Waals surface area (Å²) >= 11 is 0. The van der Waals surface area contributed by atoms with Crippen LogP contribution in [0.15, 0.2) is 24.3 Å². The zero-order valence-corrected chi connectivity index (χ0v) is 11.9. The monoisotopic (exact) mass is 263 g/mol. The molecule has 1 aromatic carbocycles. The highest BCUT2D eigenvalue weighted by Crippen LogP contribution is 2.23. The van der Waals surface area contributed by atoms with Crippen LogP contribution in [0.1, 0.15) is 34.1 Å². The second-order valence-corrected chi connectivity index (χ2v) is 5.92. The van der Waals surface area contributed by atoms with E-state index in [1.165, 1.54) is 0 Å². The quantitative estimate of drug-likeness (QED) is 0.852. The van der Waals surface area contributed by atoms with E-state index < -0.39 is 0 Å². The summed E-state index contributed by atoms with van der Waals surface area (Å²) in [6.45, 7) is 7.93. The zero-order valence-electron chi connectivity index (χ0n) is 11.9. The third-order valence-corrected chi connectivity index (χ3v) is 2.79. The van der Waals surface area contributed by atoms with E-state index in [0.717, 1.165) is 11.4 Å². The molecule has 1 aliphatic heterocycles. The van der Waals surface area contributed by atoms with Gasteiger partial charge in [-0.2, -0.15) is 0 Å². The Bertz CT molecular complexity index is 447. The van der Waals surface area contributed by atoms with Gasteiger partial charge in [0, 0.05) is 12.1 Å². The van der Waals surface area contributed by atoms with E-state index in [9.17, 15) is 4.79 Å². The molecule has 1 aliphatic rings. The molecule has 0 saturated carbocycles. The van der Waals surface area contributed by atoms with Gasteiger partial charge in [-0.3, -0.25) is 0 Å². The second kappa shape index (κ2) is 5.11. The predicted molar refractivity (Wildman–Crippen MR) is 74.4 cm³/mol. The molecule has 1 heterocycles. The number of rotatable bonds is 3. The van der Waals surface area contributed by atoms with E-state index in [-0.39, 0.29) is 23.7 Å². The lowest BCUT2D eigenvalue weighted by Gasteiger charge is -2.21. The van der Waals surface area contributed by atoms with Crippen molar-refractivity contribution >= 4 is 11.7 Å². The molecule has 2 rings (SSSR count). The van der Waals surface area contributed by atoms with Crippen LogP contribution in [0.3, 0.4) is 0 Å². The van der Waals surface area contributed by atoms with Gasteiger partial charge in [-0.1, -0.05) is 0 Å². The molecule has 4 nitrogen and oxygen atoms in total. The van der Waals surface area contributed by atoms with Crippen molar-refractivity contribution in [1.82, 2.24) is 0 Å². The summed E-state index contributed by atoms with van der Waals surface area (Å²) in [5, 5.41) is 3.18. The first-order valence-electron chi connectivity index (χ1n) is 6.59. The molecule has 1 saturated heterocycles. The Hall–Kier alpha value is -1.71. The number of carbonyl (C=O) groups is 1. The molecule has 0 aromatic heterocycles. The molecule has 4 heteroatoms. The van der Waals surface area contributed by atoms with Crippen molar-refractivity contribution < 1.29 is 14.3 Å². The maximum Gasteiger partial charge on any atom is 0.328 e. The Morgan fingerprint density at radius 3 is 2.37 bits per heavy atom. The molecule has 19 heavy (non-hydrogen) atoms. The van der Waals surface area contributed by atoms with Gasteiger partial charge >= 0.3 is 5.97 Å². The number of hydrogen-bond acceptors (Lipinski definition) is 4. The number of esters is 1. The largest absolute Gasteiger partial charge is 0.488 e. The third kappa shape index (κ3) is 3.88. The summed E-state index contributed by atoms with van der Waals surface area (Å²) < 4.78 is 10.9. The van der Waals surface area contributed by atoms with Gasteiger partial charge in [-0.15, -0.1) is 0 Å². The molecular weight excluding hydrogens is 242 g/mol. The summed E-state index contributed by atoms with van der Waals surface area (Å²) in [5.74, 6) is 0.642. The molecule has 1 fully saturated rings. The average Bonchev–Trinajstić information content (AvgIpc) is 2.58.